The summed E-state index contributed by atoms with van der Waals surface area (Å²) in [4.78, 5) is 19.3. The molecule has 1 saturated carbocycles. The Bertz CT molecular complexity index is 1020. The molecule has 0 spiro atoms. The minimum atomic E-state index is -2.58. The van der Waals surface area contributed by atoms with Crippen LogP contribution in [0, 0.1) is 11.6 Å². The number of rotatable bonds is 3. The van der Waals surface area contributed by atoms with Crippen LogP contribution in [0.25, 0.3) is 0 Å². The molecule has 2 aliphatic carbocycles. The molecule has 2 bridgehead atoms. The molecule has 2 heterocycles. The van der Waals surface area contributed by atoms with Gasteiger partial charge in [0.25, 0.3) is 5.91 Å². The zero-order valence-electron chi connectivity index (χ0n) is 16.3. The van der Waals surface area contributed by atoms with E-state index in [2.05, 4.69) is 10.3 Å². The lowest BCUT2D eigenvalue weighted by atomic mass is 9.89. The van der Waals surface area contributed by atoms with Gasteiger partial charge in [0.05, 0.1) is 23.4 Å². The summed E-state index contributed by atoms with van der Waals surface area (Å²) in [5, 5.41) is 3.16. The second-order valence-electron chi connectivity index (χ2n) is 8.31. The number of hydrogen-bond acceptors (Lipinski definition) is 5. The molecule has 6 nitrogen and oxygen atoms in total. The molecule has 0 radical (unpaired) electrons. The average Bonchev–Trinajstić information content (AvgIpc) is 3.33. The predicted octanol–water partition coefficient (Wildman–Crippen LogP) is 4.67. The number of nitrogens with zero attached hydrogens (tertiary/aromatic N) is 2. The van der Waals surface area contributed by atoms with Crippen LogP contribution < -0.4 is 5.32 Å². The number of amides is 1. The van der Waals surface area contributed by atoms with E-state index in [1.54, 1.807) is 11.1 Å². The van der Waals surface area contributed by atoms with Crippen molar-refractivity contribution >= 4 is 27.9 Å². The second kappa shape index (κ2) is 7.18. The number of halogens is 2. The summed E-state index contributed by atoms with van der Waals surface area (Å²) < 4.78 is 46.5. The van der Waals surface area contributed by atoms with Gasteiger partial charge in [-0.2, -0.15) is 10.6 Å². The Hall–Kier alpha value is -2.23. The van der Waals surface area contributed by atoms with Crippen molar-refractivity contribution in [2.24, 2.45) is 0 Å². The first kappa shape index (κ1) is 19.7. The number of fused-ring (bicyclic) bond motifs is 5. The van der Waals surface area contributed by atoms with E-state index >= 15 is 0 Å². The normalized spacial score (nSPS) is 25.1. The summed E-state index contributed by atoms with van der Waals surface area (Å²) in [5.41, 5.74) is 3.61. The number of benzene rings is 1. The molecular formula is C21H23F2N3O3S. The van der Waals surface area contributed by atoms with E-state index in [0.717, 1.165) is 48.2 Å². The van der Waals surface area contributed by atoms with Gasteiger partial charge in [-0.05, 0) is 54.4 Å². The Balaban J connectivity index is 1.48. The highest BCUT2D eigenvalue weighted by Gasteiger charge is 2.43. The van der Waals surface area contributed by atoms with E-state index in [4.69, 9.17) is 0 Å². The summed E-state index contributed by atoms with van der Waals surface area (Å²) in [7, 11) is -2.58. The summed E-state index contributed by atoms with van der Waals surface area (Å²) in [6, 6.07) is 3.67. The van der Waals surface area contributed by atoms with Crippen molar-refractivity contribution in [1.82, 2.24) is 9.88 Å². The monoisotopic (exact) mass is 435 g/mol. The lowest BCUT2D eigenvalue weighted by molar-refractivity contribution is 0.0760. The van der Waals surface area contributed by atoms with Crippen LogP contribution in [-0.2, 0) is 0 Å². The Labute approximate surface area is 174 Å². The summed E-state index contributed by atoms with van der Waals surface area (Å²) >= 11 is 0. The number of pyridine rings is 1. The van der Waals surface area contributed by atoms with Crippen LogP contribution in [0.2, 0.25) is 0 Å². The van der Waals surface area contributed by atoms with E-state index in [1.165, 1.54) is 6.07 Å². The lowest BCUT2D eigenvalue weighted by Gasteiger charge is -2.41. The van der Waals surface area contributed by atoms with Crippen molar-refractivity contribution in [2.75, 3.05) is 29.9 Å². The number of carbonyl (C=O) groups is 1. The molecule has 1 amide bonds. The highest BCUT2D eigenvalue weighted by atomic mass is 32.3. The molecule has 3 N–H and O–H groups in total. The van der Waals surface area contributed by atoms with Gasteiger partial charge in [-0.3, -0.25) is 13.9 Å². The maximum atomic E-state index is 13.6. The van der Waals surface area contributed by atoms with Gasteiger partial charge in [-0.15, -0.1) is 0 Å². The first-order valence-electron chi connectivity index (χ1n) is 10.1. The predicted molar refractivity (Wildman–Crippen MR) is 112 cm³/mol. The molecule has 1 aromatic carbocycles. The van der Waals surface area contributed by atoms with E-state index in [0.29, 0.717) is 30.4 Å². The zero-order valence-corrected chi connectivity index (χ0v) is 17.1. The molecule has 2 fully saturated rings. The van der Waals surface area contributed by atoms with Crippen molar-refractivity contribution in [3.05, 3.63) is 52.9 Å². The molecule has 2 unspecified atom stereocenters. The molecule has 30 heavy (non-hydrogen) atoms. The topological polar surface area (TPSA) is 85.7 Å². The summed E-state index contributed by atoms with van der Waals surface area (Å²) in [6.45, 7) is 0.612. The quantitative estimate of drug-likeness (QED) is 0.652. The smallest absolute Gasteiger partial charge is 0.272 e. The van der Waals surface area contributed by atoms with Crippen molar-refractivity contribution in [2.45, 2.75) is 31.1 Å². The zero-order chi connectivity index (χ0) is 21.0. The van der Waals surface area contributed by atoms with Gasteiger partial charge in [0, 0.05) is 24.8 Å². The maximum absolute atomic E-state index is 13.6. The fourth-order valence-electron chi connectivity index (χ4n) is 4.98. The van der Waals surface area contributed by atoms with E-state index in [1.807, 2.05) is 0 Å². The standard InChI is InChI=1S/C21H23F2N3O3S/c22-15-4-3-14(10-16(15)23)25-17-11-24-20(19-13-2-1-12(9-13)18(17)19)21(27)26-5-7-30(28,29)8-6-26/h3-4,10-13,25,28-29H,1-2,5-9H2. The van der Waals surface area contributed by atoms with Crippen LogP contribution in [0.3, 0.4) is 0 Å². The molecule has 1 saturated heterocycles. The molecule has 5 rings (SSSR count). The Kier molecular flexibility index (Phi) is 4.72. The van der Waals surface area contributed by atoms with Crippen molar-refractivity contribution in [1.29, 1.82) is 0 Å². The molecule has 2 aromatic rings. The van der Waals surface area contributed by atoms with E-state index in [9.17, 15) is 22.7 Å². The number of nitrogens with one attached hydrogen (secondary N) is 1. The van der Waals surface area contributed by atoms with Crippen LogP contribution >= 0.6 is 10.6 Å². The average molecular weight is 435 g/mol. The highest BCUT2D eigenvalue weighted by molar-refractivity contribution is 8.24. The van der Waals surface area contributed by atoms with Gasteiger partial charge in [-0.1, -0.05) is 0 Å². The van der Waals surface area contributed by atoms with Crippen molar-refractivity contribution in [3.63, 3.8) is 0 Å². The Morgan fingerprint density at radius 2 is 1.80 bits per heavy atom. The van der Waals surface area contributed by atoms with E-state index < -0.39 is 22.2 Å². The van der Waals surface area contributed by atoms with Crippen LogP contribution in [0.4, 0.5) is 20.2 Å². The third-order valence-electron chi connectivity index (χ3n) is 6.47. The van der Waals surface area contributed by atoms with Crippen LogP contribution in [0.5, 0.6) is 0 Å². The molecule has 3 aliphatic rings. The third-order valence-corrected chi connectivity index (χ3v) is 8.14. The number of anilines is 2. The number of carbonyl (C=O) groups excluding carboxylic acids is 1. The third kappa shape index (κ3) is 3.34. The van der Waals surface area contributed by atoms with Gasteiger partial charge in [0.1, 0.15) is 5.69 Å². The Morgan fingerprint density at radius 1 is 1.10 bits per heavy atom. The minimum Gasteiger partial charge on any atom is -0.354 e. The van der Waals surface area contributed by atoms with Crippen LogP contribution in [0.1, 0.15) is 52.7 Å². The Morgan fingerprint density at radius 3 is 2.50 bits per heavy atom. The maximum Gasteiger partial charge on any atom is 0.272 e. The summed E-state index contributed by atoms with van der Waals surface area (Å²) in [5.74, 6) is -1.01. The fourth-order valence-corrected chi connectivity index (χ4v) is 6.21. The second-order valence-corrected chi connectivity index (χ2v) is 10.7. The van der Waals surface area contributed by atoms with Gasteiger partial charge in [0.2, 0.25) is 0 Å². The van der Waals surface area contributed by atoms with Gasteiger partial charge < -0.3 is 10.2 Å². The molecule has 160 valence electrons. The summed E-state index contributed by atoms with van der Waals surface area (Å²) in [6.07, 6.45) is 4.61. The van der Waals surface area contributed by atoms with Crippen LogP contribution in [-0.4, -0.2) is 49.5 Å². The lowest BCUT2D eigenvalue weighted by Crippen LogP contribution is -2.42. The molecule has 2 atom stereocenters. The van der Waals surface area contributed by atoms with Gasteiger partial charge in [-0.25, -0.2) is 13.8 Å². The SMILES string of the molecule is O=C(c1ncc(Nc2ccc(F)c(F)c2)c2c1C1CCC2C1)N1CCS(O)(O)CC1. The first-order chi connectivity index (χ1) is 14.3. The van der Waals surface area contributed by atoms with Crippen molar-refractivity contribution < 1.29 is 22.7 Å². The van der Waals surface area contributed by atoms with Gasteiger partial charge >= 0.3 is 0 Å². The number of hydrogen-bond donors (Lipinski definition) is 3. The highest BCUT2D eigenvalue weighted by Crippen LogP contribution is 2.56. The van der Waals surface area contributed by atoms with Crippen LogP contribution in [0.15, 0.2) is 24.4 Å². The number of aromatic nitrogens is 1. The van der Waals surface area contributed by atoms with Crippen molar-refractivity contribution in [3.8, 4) is 0 Å². The molecule has 1 aliphatic heterocycles. The van der Waals surface area contributed by atoms with E-state index in [-0.39, 0.29) is 23.3 Å². The first-order valence-corrected chi connectivity index (χ1v) is 12.0. The molecular weight excluding hydrogens is 412 g/mol. The largest absolute Gasteiger partial charge is 0.354 e. The molecule has 1 aromatic heterocycles. The fraction of sp³-hybridized carbons (Fsp3) is 0.429. The minimum absolute atomic E-state index is 0.173. The molecule has 9 heteroatoms. The van der Waals surface area contributed by atoms with Gasteiger partial charge in [0.15, 0.2) is 11.6 Å².